The number of rotatable bonds is 9. The maximum Gasteiger partial charge on any atom is 0.226 e. The molecule has 28 aromatic rings. The third-order valence-corrected chi connectivity index (χ3v) is 30.8. The van der Waals surface area contributed by atoms with E-state index in [0.29, 0.717) is 46.7 Å². The fourth-order valence-electron chi connectivity index (χ4n) is 21.2. The molecule has 0 aliphatic carbocycles. The van der Waals surface area contributed by atoms with E-state index in [-0.39, 0.29) is 5.28 Å². The molecule has 0 saturated carbocycles. The maximum absolute atomic E-state index is 6.11. The Hall–Kier alpha value is -16.6. The number of aromatic amines is 1. The second-order valence-corrected chi connectivity index (χ2v) is 42.0. The van der Waals surface area contributed by atoms with Crippen LogP contribution in [0.25, 0.3) is 226 Å². The van der Waals surface area contributed by atoms with Crippen LogP contribution < -0.4 is 5.46 Å². The topological polar surface area (TPSA) is 159 Å². The summed E-state index contributed by atoms with van der Waals surface area (Å²) in [6.07, 6.45) is 10.1. The lowest BCUT2D eigenvalue weighted by Gasteiger charge is -2.35. The van der Waals surface area contributed by atoms with Crippen LogP contribution in [-0.4, -0.2) is 75.2 Å². The molecule has 1 aliphatic heterocycles. The Bertz CT molecular complexity index is 9900. The predicted molar refractivity (Wildman–Crippen MR) is 637 cm³/mol. The van der Waals surface area contributed by atoms with Gasteiger partial charge in [-0.2, -0.15) is 9.97 Å². The van der Waals surface area contributed by atoms with Crippen LogP contribution in [0.1, 0.15) is 27.7 Å². The third-order valence-electron chi connectivity index (χ3n) is 29.1. The van der Waals surface area contributed by atoms with Crippen molar-refractivity contribution in [3.63, 3.8) is 0 Å². The first kappa shape index (κ1) is 94.6. The molecule has 0 bridgehead atoms. The van der Waals surface area contributed by atoms with Crippen molar-refractivity contribution < 1.29 is 0 Å². The summed E-state index contributed by atoms with van der Waals surface area (Å²) in [7, 11) is 0. The summed E-state index contributed by atoms with van der Waals surface area (Å²) in [5.41, 5.74) is 16.1. The van der Waals surface area contributed by atoms with Gasteiger partial charge in [0, 0.05) is 116 Å². The van der Waals surface area contributed by atoms with Crippen LogP contribution in [0.2, 0.25) is 17.9 Å². The van der Waals surface area contributed by atoms with Crippen molar-refractivity contribution in [3.05, 3.63) is 479 Å². The summed E-state index contributed by atoms with van der Waals surface area (Å²) in [6, 6.07) is 152. The molecule has 14 nitrogen and oxygen atoms in total. The van der Waals surface area contributed by atoms with Crippen molar-refractivity contribution in [1.29, 1.82) is 0 Å². The summed E-state index contributed by atoms with van der Waals surface area (Å²) in [6.45, 7) is 10.2. The molecular weight excluding hydrogens is 2090 g/mol. The highest BCUT2D eigenvalue weighted by Crippen LogP contribution is 2.53. The van der Waals surface area contributed by atoms with Crippen LogP contribution in [0.3, 0.4) is 0 Å². The molecule has 1 saturated heterocycles. The van der Waals surface area contributed by atoms with Gasteiger partial charge in [0.2, 0.25) is 5.28 Å². The normalized spacial score (nSPS) is 12.6. The van der Waals surface area contributed by atoms with Gasteiger partial charge in [0.05, 0.1) is 33.1 Å². The predicted octanol–water partition coefficient (Wildman–Crippen LogP) is 34.8. The average Bonchev–Trinajstić information content (AvgIpc) is 1.58. The van der Waals surface area contributed by atoms with Gasteiger partial charge in [-0.25, -0.2) is 39.9 Å². The summed E-state index contributed by atoms with van der Waals surface area (Å²) >= 11 is 15.0. The van der Waals surface area contributed by atoms with Crippen LogP contribution in [-0.2, 0) is 0 Å². The number of halogens is 4. The standard InChI is InChI=1S/C40H25N5.C29H29BN2.C21H13BrN2.C19H12ClN3.C16H11N.C5H3BrIN/c1-2-12-28(13-3-1)38-42-39(30-19-18-26-10-4-5-14-29(26)24-30)44-40(43-38)31-21-23-36(41-25-31)45-34-17-9-8-16-33(34)37-32-15-7-6-11-27(32)20-22-35(37)45;1-28(2)18-30(19-29(28,3)4)21-14-16-26(31-17-21)32-24-12-8-7-11-23(24)27-22-10-6-5-9-20(22)13-15-25(27)32;22-15-10-12-20(23-13-15)24-18-8-4-3-7-17(18)21-16-6-2-1-5-14(16)9-11-19(21)24;20-19-22-17(14-7-2-1-3-8-14)21-18(23-19)16-11-10-13-6-4-5-9-15(13)12-16;1-2-6-12-11(5-1)9-10-15-16(12)13-7-3-4-8-14(13)17-15;6-4-1-2-5(7)8-3-4/h1-25H;5-17H,18-19H2,1-4H3;1-13H;1-12H;1-10,17H;1-3H. The van der Waals surface area contributed by atoms with Crippen molar-refractivity contribution in [2.24, 2.45) is 10.8 Å². The molecule has 0 unspecified atom stereocenters. The van der Waals surface area contributed by atoms with E-state index in [1.54, 1.807) is 6.20 Å². The average molecular weight is 2180 g/mol. The van der Waals surface area contributed by atoms with Gasteiger partial charge in [-0.3, -0.25) is 13.7 Å². The van der Waals surface area contributed by atoms with E-state index in [0.717, 1.165) is 79.7 Å². The molecule has 10 aromatic heterocycles. The Kier molecular flexibility index (Phi) is 25.8. The molecule has 0 spiro atoms. The second-order valence-electron chi connectivity index (χ2n) is 38.8. The molecule has 29 rings (SSSR count). The summed E-state index contributed by atoms with van der Waals surface area (Å²) in [5.74, 6) is 5.76. The van der Waals surface area contributed by atoms with Crippen LogP contribution in [0, 0.1) is 14.5 Å². The smallest absolute Gasteiger partial charge is 0.226 e. The molecule has 19 heteroatoms. The number of hydrogen-bond donors (Lipinski definition) is 1. The summed E-state index contributed by atoms with van der Waals surface area (Å²) in [5, 5.41) is 25.2. The maximum atomic E-state index is 6.11. The molecular formula is C130H93BBr2ClIN14. The fraction of sp³-hybridized carbons (Fsp3) is 0.0615. The highest BCUT2D eigenvalue weighted by atomic mass is 127. The molecule has 1 N–H and O–H groups in total. The molecule has 18 aromatic carbocycles. The van der Waals surface area contributed by atoms with E-state index < -0.39 is 0 Å². The van der Waals surface area contributed by atoms with Crippen LogP contribution in [0.15, 0.2) is 471 Å². The first-order valence-electron chi connectivity index (χ1n) is 49.7. The minimum atomic E-state index is 0.196. The van der Waals surface area contributed by atoms with Gasteiger partial charge < -0.3 is 4.98 Å². The molecule has 0 amide bonds. The Balaban J connectivity index is 0.000000101. The minimum absolute atomic E-state index is 0.196. The lowest BCUT2D eigenvalue weighted by Crippen LogP contribution is -2.28. The minimum Gasteiger partial charge on any atom is -0.354 e. The van der Waals surface area contributed by atoms with Crippen LogP contribution >= 0.6 is 66.1 Å². The van der Waals surface area contributed by atoms with Crippen molar-refractivity contribution in [1.82, 2.24) is 68.5 Å². The lowest BCUT2D eigenvalue weighted by molar-refractivity contribution is 0.177. The summed E-state index contributed by atoms with van der Waals surface area (Å²) in [4.78, 5) is 50.0. The van der Waals surface area contributed by atoms with Crippen molar-refractivity contribution in [3.8, 4) is 74.4 Å². The Morgan fingerprint density at radius 2 is 0.591 bits per heavy atom. The van der Waals surface area contributed by atoms with E-state index >= 15 is 0 Å². The number of nitrogens with zero attached hydrogens (tertiary/aromatic N) is 13. The number of nitrogens with one attached hydrogen (secondary N) is 1. The van der Waals surface area contributed by atoms with Gasteiger partial charge in [-0.1, -0.05) is 379 Å². The second kappa shape index (κ2) is 40.7. The van der Waals surface area contributed by atoms with Gasteiger partial charge in [-0.05, 0) is 245 Å². The molecule has 0 radical (unpaired) electrons. The van der Waals surface area contributed by atoms with Gasteiger partial charge >= 0.3 is 0 Å². The van der Waals surface area contributed by atoms with E-state index in [9.17, 15) is 0 Å². The van der Waals surface area contributed by atoms with Crippen molar-refractivity contribution in [2.75, 3.05) is 0 Å². The first-order chi connectivity index (χ1) is 73.0. The zero-order valence-corrected chi connectivity index (χ0v) is 87.8. The van der Waals surface area contributed by atoms with Gasteiger partial charge in [0.15, 0.2) is 35.8 Å². The zero-order valence-electron chi connectivity index (χ0n) is 81.7. The van der Waals surface area contributed by atoms with E-state index in [4.69, 9.17) is 36.5 Å². The quantitative estimate of drug-likeness (QED) is 0.0837. The number of para-hydroxylation sites is 4. The van der Waals surface area contributed by atoms with Gasteiger partial charge in [0.1, 0.15) is 21.2 Å². The highest BCUT2D eigenvalue weighted by molar-refractivity contribution is 14.1. The molecule has 1 fully saturated rings. The zero-order chi connectivity index (χ0) is 101. The van der Waals surface area contributed by atoms with E-state index in [1.165, 1.54) is 148 Å². The van der Waals surface area contributed by atoms with Crippen molar-refractivity contribution in [2.45, 2.75) is 40.3 Å². The Morgan fingerprint density at radius 3 is 1.01 bits per heavy atom. The lowest BCUT2D eigenvalue weighted by atomic mass is 9.42. The van der Waals surface area contributed by atoms with Crippen LogP contribution in [0.5, 0.6) is 0 Å². The SMILES string of the molecule is Brc1ccc(-n2c3ccccc3c3c4ccccc4ccc32)nc1.Brc1ccc(I)nc1.CC1(C)CB(c2ccc(-n3c4ccccc4c4c5ccccc5ccc43)nc2)CC1(C)C.Clc1nc(-c2ccccc2)nc(-c2ccc3ccccc3c2)n1.c1ccc(-c2nc(-c3ccc(-n4c5ccccc5c5c6ccccc6ccc54)nc3)nc(-c3ccc4ccccc4c3)n2)cc1.c1ccc2c(c1)ccc1[nH]c3ccccc3c12. The molecule has 0 atom stereocenters. The van der Waals surface area contributed by atoms with Crippen LogP contribution in [0.4, 0.5) is 0 Å². The monoisotopic (exact) mass is 2180 g/mol. The number of H-pyrrole nitrogens is 1. The number of hydrogen-bond acceptors (Lipinski definition) is 10. The Labute approximate surface area is 895 Å². The largest absolute Gasteiger partial charge is 0.354 e. The molecule has 1 aliphatic rings. The Morgan fingerprint density at radius 1 is 0.262 bits per heavy atom. The third kappa shape index (κ3) is 18.8. The first-order valence-corrected chi connectivity index (χ1v) is 52.7. The molecule has 714 valence electrons. The number of benzene rings is 18. The summed E-state index contributed by atoms with van der Waals surface area (Å²) < 4.78 is 9.83. The number of fused-ring (bicyclic) bond motifs is 22. The van der Waals surface area contributed by atoms with Gasteiger partial charge in [-0.15, -0.1) is 0 Å². The number of pyridine rings is 4. The molecule has 149 heavy (non-hydrogen) atoms. The van der Waals surface area contributed by atoms with Gasteiger partial charge in [0.25, 0.3) is 0 Å². The van der Waals surface area contributed by atoms with E-state index in [2.05, 4.69) is 460 Å². The molecule has 11 heterocycles. The fourth-order valence-corrected chi connectivity index (χ4v) is 22.1. The number of aromatic nitrogens is 14. The van der Waals surface area contributed by atoms with Crippen molar-refractivity contribution >= 4 is 230 Å². The van der Waals surface area contributed by atoms with E-state index in [1.807, 2.05) is 122 Å². The highest BCUT2D eigenvalue weighted by Gasteiger charge is 2.48.